The van der Waals surface area contributed by atoms with Crippen LogP contribution in [0.5, 0.6) is 0 Å². The molecule has 0 aromatic heterocycles. The first-order valence-corrected chi connectivity index (χ1v) is 29.3. The second-order valence-electron chi connectivity index (χ2n) is 22.2. The molecule has 14 N–H and O–H groups in total. The van der Waals surface area contributed by atoms with Crippen LogP contribution in [0.25, 0.3) is 0 Å². The van der Waals surface area contributed by atoms with Crippen LogP contribution in [0.1, 0.15) is 134 Å². The molecule has 1 aliphatic heterocycles. The van der Waals surface area contributed by atoms with Gasteiger partial charge in [0.1, 0.15) is 60.5 Å². The van der Waals surface area contributed by atoms with Crippen molar-refractivity contribution in [3.63, 3.8) is 0 Å². The SMILES string of the molecule is CC[C@@H](C)[C@@H](NC(=O)[C@@H](C)NC(=O)[C@H](CO)NC(=O)[C@@H](NC(=O)[C@@H](Cc1ccccc1)NC)[C@@H](C)CC)C(=O)N[C@H](C(=O)N[C@@H](CO)C(=O)N[C@H]1C(=O)C[C@@H](C)C(=O)N[C@@H](CCCN=C(C)N)C(=O)N[C@@H]([C@@H](C)CC)C(=O)O[C@H]1C)[C@@H](C)CC. The van der Waals surface area contributed by atoms with Gasteiger partial charge in [-0.05, 0) is 76.3 Å². The van der Waals surface area contributed by atoms with E-state index in [1.54, 1.807) is 62.4 Å². The summed E-state index contributed by atoms with van der Waals surface area (Å²) in [5, 5.41) is 47.1. The summed E-state index contributed by atoms with van der Waals surface area (Å²) in [5.41, 5.74) is 6.54. The maximum atomic E-state index is 14.2. The van der Waals surface area contributed by atoms with Crippen molar-refractivity contribution in [2.45, 2.75) is 201 Å². The number of Topliss-reactive ketones (excluding diaryl/α,β-unsaturated/α-hetero) is 1. The van der Waals surface area contributed by atoms with Gasteiger partial charge < -0.3 is 73.9 Å². The Morgan fingerprint density at radius 3 is 1.63 bits per heavy atom. The Morgan fingerprint density at radius 2 is 1.14 bits per heavy atom. The molecule has 1 saturated heterocycles. The minimum Gasteiger partial charge on any atom is -0.458 e. The number of hydrogen-bond donors (Lipinski definition) is 13. The van der Waals surface area contributed by atoms with Gasteiger partial charge in [-0.1, -0.05) is 118 Å². The molecule has 26 nitrogen and oxygen atoms in total. The number of nitrogens with two attached hydrogens (primary N) is 1. The maximum absolute atomic E-state index is 14.2. The number of ketones is 1. The van der Waals surface area contributed by atoms with Crippen LogP contribution in [-0.4, -0.2) is 174 Å². The number of likely N-dealkylation sites (N-methyl/N-ethyl adjacent to an activating group) is 1. The number of ether oxygens (including phenoxy) is 1. The molecule has 1 aliphatic rings. The van der Waals surface area contributed by atoms with E-state index in [-0.39, 0.29) is 13.0 Å². The molecular weight excluding hydrogens is 1090 g/mol. The molecule has 0 radical (unpaired) electrons. The highest BCUT2D eigenvalue weighted by atomic mass is 16.5. The largest absolute Gasteiger partial charge is 0.458 e. The van der Waals surface area contributed by atoms with Gasteiger partial charge >= 0.3 is 5.97 Å². The third kappa shape index (κ3) is 22.8. The zero-order valence-electron chi connectivity index (χ0n) is 51.2. The molecule has 9 amide bonds. The number of benzene rings is 1. The summed E-state index contributed by atoms with van der Waals surface area (Å²) in [4.78, 5) is 156. The Labute approximate surface area is 494 Å². The number of carbonyl (C=O) groups excluding carboxylic acids is 11. The summed E-state index contributed by atoms with van der Waals surface area (Å²) >= 11 is 0. The lowest BCUT2D eigenvalue weighted by Crippen LogP contribution is -2.62. The molecular formula is C58H96N12O14. The lowest BCUT2D eigenvalue weighted by atomic mass is 9.94. The van der Waals surface area contributed by atoms with E-state index in [2.05, 4.69) is 58.2 Å². The van der Waals surface area contributed by atoms with Crippen LogP contribution >= 0.6 is 0 Å². The van der Waals surface area contributed by atoms with Gasteiger partial charge in [-0.25, -0.2) is 4.79 Å². The Bertz CT molecular complexity index is 2410. The monoisotopic (exact) mass is 1180 g/mol. The smallest absolute Gasteiger partial charge is 0.329 e. The molecule has 0 spiro atoms. The highest BCUT2D eigenvalue weighted by Crippen LogP contribution is 2.19. The fourth-order valence-electron chi connectivity index (χ4n) is 8.96. The van der Waals surface area contributed by atoms with Gasteiger partial charge in [0.2, 0.25) is 53.2 Å². The van der Waals surface area contributed by atoms with Gasteiger partial charge in [-0.3, -0.25) is 52.9 Å². The standard InChI is InChI=1S/C58H96N12O14/c1-14-30(5)44(67-52(77)40(60-13)27-38-22-19-18-20-23-38)55(80)64-41(28-71)53(78)62-35(10)50(75)66-46(32(7)16-3)57(82)68-45(31(6)15-2)56(81)65-42(29-72)54(79)70-48-36(11)84-58(83)47(33(8)17-4)69-51(76)39(24-21-25-61-37(12)59)63-49(74)34(9)26-43(48)73/h18-20,22-23,30-36,39-42,44-48,60,71-72H,14-17,21,24-29H2,1-13H3,(H2,59,61)(H,62,78)(H,63,74)(H,64,80)(H,65,81)(H,66,75)(H,67,77)(H,68,82)(H,69,76)(H,70,79)/t30-,31-,32+,33-,34+,35+,36-,39-,40+,41-,42-,44-,45-,46+,47-,48+/m0/s1. The number of aliphatic imine (C=N–C) groups is 1. The van der Waals surface area contributed by atoms with E-state index in [1.807, 2.05) is 37.3 Å². The number of cyclic esters (lactones) is 1. The number of nitrogens with zero attached hydrogens (tertiary/aromatic N) is 1. The van der Waals surface area contributed by atoms with Crippen molar-refractivity contribution in [1.29, 1.82) is 0 Å². The molecule has 1 heterocycles. The lowest BCUT2D eigenvalue weighted by molar-refractivity contribution is -0.157. The van der Waals surface area contributed by atoms with Crippen molar-refractivity contribution in [2.24, 2.45) is 40.3 Å². The Morgan fingerprint density at radius 1 is 0.655 bits per heavy atom. The second kappa shape index (κ2) is 36.6. The third-order valence-electron chi connectivity index (χ3n) is 15.5. The predicted molar refractivity (Wildman–Crippen MR) is 314 cm³/mol. The van der Waals surface area contributed by atoms with Gasteiger partial charge in [-0.15, -0.1) is 0 Å². The fraction of sp³-hybridized carbons (Fsp3) is 0.690. The van der Waals surface area contributed by atoms with Crippen molar-refractivity contribution in [1.82, 2.24) is 53.2 Å². The Kier molecular flexibility index (Phi) is 31.8. The minimum absolute atomic E-state index is 0.120. The Hall–Kier alpha value is -7.06. The molecule has 26 heteroatoms. The van der Waals surface area contributed by atoms with E-state index in [4.69, 9.17) is 10.5 Å². The fourth-order valence-corrected chi connectivity index (χ4v) is 8.96. The summed E-state index contributed by atoms with van der Waals surface area (Å²) < 4.78 is 5.76. The summed E-state index contributed by atoms with van der Waals surface area (Å²) in [7, 11) is 1.62. The zero-order chi connectivity index (χ0) is 63.5. The van der Waals surface area contributed by atoms with Crippen LogP contribution < -0.4 is 58.9 Å². The van der Waals surface area contributed by atoms with E-state index in [9.17, 15) is 63.0 Å². The number of amidine groups is 1. The molecule has 472 valence electrons. The average Bonchev–Trinajstić information content (AvgIpc) is 3.73. The molecule has 1 aromatic rings. The quantitative estimate of drug-likeness (QED) is 0.0185. The number of rotatable bonds is 31. The summed E-state index contributed by atoms with van der Waals surface area (Å²) in [5.74, 6) is -11.6. The minimum atomic E-state index is -1.75. The lowest BCUT2D eigenvalue weighted by Gasteiger charge is -2.31. The van der Waals surface area contributed by atoms with E-state index < -0.39 is 181 Å². The molecule has 84 heavy (non-hydrogen) atoms. The number of esters is 1. The van der Waals surface area contributed by atoms with E-state index in [0.717, 1.165) is 5.56 Å². The van der Waals surface area contributed by atoms with Crippen molar-refractivity contribution in [2.75, 3.05) is 26.8 Å². The first-order valence-electron chi connectivity index (χ1n) is 29.3. The van der Waals surface area contributed by atoms with Crippen molar-refractivity contribution < 1.29 is 67.7 Å². The zero-order valence-corrected chi connectivity index (χ0v) is 51.2. The molecule has 0 bridgehead atoms. The highest BCUT2D eigenvalue weighted by molar-refractivity contribution is 5.99. The van der Waals surface area contributed by atoms with Crippen LogP contribution in [0.2, 0.25) is 0 Å². The van der Waals surface area contributed by atoms with Gasteiger partial charge in [-0.2, -0.15) is 0 Å². The van der Waals surface area contributed by atoms with Crippen LogP contribution in [0.4, 0.5) is 0 Å². The van der Waals surface area contributed by atoms with Crippen LogP contribution in [0.15, 0.2) is 35.3 Å². The number of hydrogen-bond acceptors (Lipinski definition) is 16. The van der Waals surface area contributed by atoms with Gasteiger partial charge in [0.25, 0.3) is 0 Å². The van der Waals surface area contributed by atoms with E-state index in [0.29, 0.717) is 44.4 Å². The van der Waals surface area contributed by atoms with Crippen LogP contribution in [0.3, 0.4) is 0 Å². The van der Waals surface area contributed by atoms with Gasteiger partial charge in [0.15, 0.2) is 5.78 Å². The molecule has 0 saturated carbocycles. The average molecular weight is 1190 g/mol. The summed E-state index contributed by atoms with van der Waals surface area (Å²) in [6, 6.07) is -3.85. The Balaban J connectivity index is 2.30. The first kappa shape index (κ1) is 73.0. The van der Waals surface area contributed by atoms with Gasteiger partial charge in [0.05, 0.1) is 25.1 Å². The maximum Gasteiger partial charge on any atom is 0.329 e. The molecule has 1 fully saturated rings. The van der Waals surface area contributed by atoms with Crippen molar-refractivity contribution in [3.8, 4) is 0 Å². The number of aliphatic hydroxyl groups excluding tert-OH is 2. The number of aliphatic hydroxyl groups is 2. The highest BCUT2D eigenvalue weighted by Gasteiger charge is 2.40. The molecule has 0 unspecified atom stereocenters. The summed E-state index contributed by atoms with van der Waals surface area (Å²) in [6.45, 7) is 17.9. The number of amides is 9. The van der Waals surface area contributed by atoms with E-state index in [1.165, 1.54) is 20.8 Å². The topological polar surface area (TPSA) is 396 Å². The van der Waals surface area contributed by atoms with Crippen molar-refractivity contribution >= 4 is 70.8 Å². The molecule has 2 rings (SSSR count). The number of carbonyl (C=O) groups is 11. The predicted octanol–water partition coefficient (Wildman–Crippen LogP) is -0.933. The first-order chi connectivity index (χ1) is 39.6. The normalized spacial score (nSPS) is 21.9. The number of nitrogens with one attached hydrogen (secondary N) is 10. The van der Waals surface area contributed by atoms with Crippen LogP contribution in [0, 0.1) is 29.6 Å². The van der Waals surface area contributed by atoms with Gasteiger partial charge in [0, 0.05) is 18.9 Å². The molecule has 0 aliphatic carbocycles. The molecule has 1 aromatic carbocycles. The van der Waals surface area contributed by atoms with Crippen LogP contribution in [-0.2, 0) is 63.9 Å². The van der Waals surface area contributed by atoms with E-state index >= 15 is 0 Å². The van der Waals surface area contributed by atoms with Crippen molar-refractivity contribution in [3.05, 3.63) is 35.9 Å². The summed E-state index contributed by atoms with van der Waals surface area (Å²) in [6.07, 6.45) is 0.423. The second-order valence-corrected chi connectivity index (χ2v) is 22.2. The molecule has 16 atom stereocenters. The third-order valence-corrected chi connectivity index (χ3v) is 15.5.